The van der Waals surface area contributed by atoms with Crippen molar-refractivity contribution in [2.24, 2.45) is 0 Å². The molecule has 1 rings (SSSR count). The van der Waals surface area contributed by atoms with Crippen molar-refractivity contribution in [3.63, 3.8) is 0 Å². The number of aryl methyl sites for hydroxylation is 1. The lowest BCUT2D eigenvalue weighted by atomic mass is 10.00. The summed E-state index contributed by atoms with van der Waals surface area (Å²) < 4.78 is 26.1. The number of benzene rings is 1. The van der Waals surface area contributed by atoms with Crippen LogP contribution in [-0.2, 0) is 11.2 Å². The van der Waals surface area contributed by atoms with Crippen LogP contribution in [0.25, 0.3) is 0 Å². The first-order valence-electron chi connectivity index (χ1n) is 6.86. The SMILES string of the molecule is CCCNC(CC=O)C(O)CCc1cc(F)cc(F)c1. The van der Waals surface area contributed by atoms with E-state index in [1.165, 1.54) is 12.1 Å². The summed E-state index contributed by atoms with van der Waals surface area (Å²) in [6.07, 6.45) is 1.86. The van der Waals surface area contributed by atoms with E-state index in [2.05, 4.69) is 5.32 Å². The zero-order valence-electron chi connectivity index (χ0n) is 11.6. The molecule has 0 aromatic heterocycles. The summed E-state index contributed by atoms with van der Waals surface area (Å²) in [5, 5.41) is 13.2. The standard InChI is InChI=1S/C15H21F2NO2/c1-2-6-18-14(5-7-19)15(20)4-3-11-8-12(16)10-13(17)9-11/h7-10,14-15,18,20H,2-6H2,1H3. The molecule has 3 nitrogen and oxygen atoms in total. The first kappa shape index (κ1) is 16.7. The molecule has 2 atom stereocenters. The van der Waals surface area contributed by atoms with E-state index in [4.69, 9.17) is 0 Å². The largest absolute Gasteiger partial charge is 0.391 e. The molecule has 0 saturated heterocycles. The number of aldehydes is 1. The molecule has 0 bridgehead atoms. The van der Waals surface area contributed by atoms with Crippen molar-refractivity contribution < 1.29 is 18.7 Å². The Balaban J connectivity index is 2.54. The lowest BCUT2D eigenvalue weighted by Gasteiger charge is -2.22. The van der Waals surface area contributed by atoms with Gasteiger partial charge in [-0.25, -0.2) is 8.78 Å². The molecule has 0 aliphatic rings. The topological polar surface area (TPSA) is 49.3 Å². The molecule has 0 fully saturated rings. The fraction of sp³-hybridized carbons (Fsp3) is 0.533. The normalized spacial score (nSPS) is 14.0. The monoisotopic (exact) mass is 285 g/mol. The van der Waals surface area contributed by atoms with Crippen LogP contribution < -0.4 is 5.32 Å². The first-order chi connectivity index (χ1) is 9.56. The Morgan fingerprint density at radius 2 is 1.95 bits per heavy atom. The van der Waals surface area contributed by atoms with Crippen LogP contribution in [0, 0.1) is 11.6 Å². The maximum absolute atomic E-state index is 13.0. The molecule has 1 aromatic carbocycles. The van der Waals surface area contributed by atoms with E-state index in [-0.39, 0.29) is 12.5 Å². The Bertz CT molecular complexity index is 406. The van der Waals surface area contributed by atoms with E-state index < -0.39 is 17.7 Å². The van der Waals surface area contributed by atoms with Crippen molar-refractivity contribution >= 4 is 6.29 Å². The molecule has 0 amide bonds. The first-order valence-corrected chi connectivity index (χ1v) is 6.86. The van der Waals surface area contributed by atoms with Gasteiger partial charge in [0.15, 0.2) is 0 Å². The van der Waals surface area contributed by atoms with Gasteiger partial charge in [0.1, 0.15) is 17.9 Å². The molecule has 0 radical (unpaired) electrons. The van der Waals surface area contributed by atoms with Gasteiger partial charge in [-0.1, -0.05) is 6.92 Å². The van der Waals surface area contributed by atoms with Crippen molar-refractivity contribution in [3.05, 3.63) is 35.4 Å². The molecule has 5 heteroatoms. The third kappa shape index (κ3) is 5.75. The van der Waals surface area contributed by atoms with Gasteiger partial charge in [-0.15, -0.1) is 0 Å². The Morgan fingerprint density at radius 3 is 2.50 bits per heavy atom. The predicted octanol–water partition coefficient (Wildman–Crippen LogP) is 2.22. The van der Waals surface area contributed by atoms with Crippen molar-refractivity contribution in [3.8, 4) is 0 Å². The van der Waals surface area contributed by atoms with Gasteiger partial charge in [0.25, 0.3) is 0 Å². The van der Waals surface area contributed by atoms with Gasteiger partial charge in [-0.05, 0) is 43.5 Å². The lowest BCUT2D eigenvalue weighted by molar-refractivity contribution is -0.108. The molecule has 2 N–H and O–H groups in total. The zero-order chi connectivity index (χ0) is 15.0. The number of carbonyl (C=O) groups is 1. The minimum atomic E-state index is -0.724. The molecular weight excluding hydrogens is 264 g/mol. The molecule has 112 valence electrons. The number of rotatable bonds is 9. The molecule has 0 aliphatic heterocycles. The molecule has 0 heterocycles. The Morgan fingerprint density at radius 1 is 1.30 bits per heavy atom. The van der Waals surface area contributed by atoms with Gasteiger partial charge in [0, 0.05) is 18.5 Å². The number of hydrogen-bond donors (Lipinski definition) is 2. The van der Waals surface area contributed by atoms with Crippen LogP contribution in [0.15, 0.2) is 18.2 Å². The van der Waals surface area contributed by atoms with E-state index in [0.29, 0.717) is 24.9 Å². The molecule has 0 saturated carbocycles. The summed E-state index contributed by atoms with van der Waals surface area (Å²) in [5.41, 5.74) is 0.502. The second kappa shape index (κ2) is 8.76. The van der Waals surface area contributed by atoms with Crippen LogP contribution in [0.4, 0.5) is 8.78 Å². The fourth-order valence-corrected chi connectivity index (χ4v) is 2.08. The van der Waals surface area contributed by atoms with Crippen LogP contribution >= 0.6 is 0 Å². The minimum absolute atomic E-state index is 0.221. The van der Waals surface area contributed by atoms with Gasteiger partial charge in [0.2, 0.25) is 0 Å². The number of nitrogens with one attached hydrogen (secondary N) is 1. The number of aliphatic hydroxyl groups is 1. The zero-order valence-corrected chi connectivity index (χ0v) is 11.6. The van der Waals surface area contributed by atoms with E-state index in [1.54, 1.807) is 0 Å². The smallest absolute Gasteiger partial charge is 0.126 e. The van der Waals surface area contributed by atoms with Gasteiger partial charge in [0.05, 0.1) is 6.10 Å². The second-order valence-corrected chi connectivity index (χ2v) is 4.85. The Labute approximate surface area is 118 Å². The molecule has 0 spiro atoms. The van der Waals surface area contributed by atoms with Crippen molar-refractivity contribution in [2.45, 2.75) is 44.8 Å². The highest BCUT2D eigenvalue weighted by atomic mass is 19.1. The highest BCUT2D eigenvalue weighted by Crippen LogP contribution is 2.13. The van der Waals surface area contributed by atoms with E-state index in [9.17, 15) is 18.7 Å². The third-order valence-corrected chi connectivity index (χ3v) is 3.12. The highest BCUT2D eigenvalue weighted by molar-refractivity contribution is 5.50. The minimum Gasteiger partial charge on any atom is -0.391 e. The fourth-order valence-electron chi connectivity index (χ4n) is 2.08. The van der Waals surface area contributed by atoms with Crippen molar-refractivity contribution in [1.82, 2.24) is 5.32 Å². The summed E-state index contributed by atoms with van der Waals surface area (Å²) in [7, 11) is 0. The Kier molecular flexibility index (Phi) is 7.33. The number of carbonyl (C=O) groups excluding carboxylic acids is 1. The maximum atomic E-state index is 13.0. The van der Waals surface area contributed by atoms with Crippen molar-refractivity contribution in [2.75, 3.05) is 6.54 Å². The van der Waals surface area contributed by atoms with Gasteiger partial charge in [-0.3, -0.25) is 0 Å². The summed E-state index contributed by atoms with van der Waals surface area (Å²) >= 11 is 0. The average Bonchev–Trinajstić information content (AvgIpc) is 2.39. The molecule has 0 aliphatic carbocycles. The van der Waals surface area contributed by atoms with Gasteiger partial charge < -0.3 is 15.2 Å². The van der Waals surface area contributed by atoms with Gasteiger partial charge >= 0.3 is 0 Å². The van der Waals surface area contributed by atoms with Crippen LogP contribution in [0.2, 0.25) is 0 Å². The predicted molar refractivity (Wildman–Crippen MR) is 73.4 cm³/mol. The molecule has 1 aromatic rings. The molecular formula is C15H21F2NO2. The number of hydrogen-bond acceptors (Lipinski definition) is 3. The van der Waals surface area contributed by atoms with E-state index in [0.717, 1.165) is 18.8 Å². The summed E-state index contributed by atoms with van der Waals surface area (Å²) in [5.74, 6) is -1.24. The summed E-state index contributed by atoms with van der Waals surface area (Å²) in [6, 6.07) is 3.01. The van der Waals surface area contributed by atoms with Crippen LogP contribution in [-0.4, -0.2) is 30.1 Å². The molecule has 2 unspecified atom stereocenters. The Hall–Kier alpha value is -1.33. The number of aliphatic hydroxyl groups excluding tert-OH is 1. The highest BCUT2D eigenvalue weighted by Gasteiger charge is 2.18. The van der Waals surface area contributed by atoms with Crippen LogP contribution in [0.1, 0.15) is 31.7 Å². The van der Waals surface area contributed by atoms with E-state index >= 15 is 0 Å². The maximum Gasteiger partial charge on any atom is 0.126 e. The average molecular weight is 285 g/mol. The number of halogens is 2. The van der Waals surface area contributed by atoms with Crippen LogP contribution in [0.5, 0.6) is 0 Å². The lowest BCUT2D eigenvalue weighted by Crippen LogP contribution is -2.40. The summed E-state index contributed by atoms with van der Waals surface area (Å²) in [6.45, 7) is 2.71. The van der Waals surface area contributed by atoms with Gasteiger partial charge in [-0.2, -0.15) is 0 Å². The van der Waals surface area contributed by atoms with E-state index in [1.807, 2.05) is 6.92 Å². The summed E-state index contributed by atoms with van der Waals surface area (Å²) in [4.78, 5) is 10.6. The molecule has 20 heavy (non-hydrogen) atoms. The third-order valence-electron chi connectivity index (χ3n) is 3.12. The van der Waals surface area contributed by atoms with Crippen molar-refractivity contribution in [1.29, 1.82) is 0 Å². The quantitative estimate of drug-likeness (QED) is 0.684. The second-order valence-electron chi connectivity index (χ2n) is 4.85. The van der Waals surface area contributed by atoms with Crippen LogP contribution in [0.3, 0.4) is 0 Å².